The highest BCUT2D eigenvalue weighted by Gasteiger charge is 2.16. The Hall–Kier alpha value is -1.56. The molecule has 0 amide bonds. The first-order valence-electron chi connectivity index (χ1n) is 5.59. The Morgan fingerprint density at radius 2 is 1.89 bits per heavy atom. The van der Waals surface area contributed by atoms with Crippen molar-refractivity contribution in [3.05, 3.63) is 58.9 Å². The van der Waals surface area contributed by atoms with Crippen LogP contribution in [0.25, 0.3) is 0 Å². The number of benzene rings is 2. The van der Waals surface area contributed by atoms with Gasteiger partial charge < -0.3 is 14.8 Å². The molecule has 0 fully saturated rings. The lowest BCUT2D eigenvalue weighted by Gasteiger charge is -2.11. The van der Waals surface area contributed by atoms with Gasteiger partial charge in [0.05, 0.1) is 0 Å². The maximum atomic E-state index is 13.5. The van der Waals surface area contributed by atoms with Crippen molar-refractivity contribution in [3.63, 3.8) is 0 Å². The summed E-state index contributed by atoms with van der Waals surface area (Å²) in [6, 6.07) is 10.8. The zero-order chi connectivity index (χ0) is 13.8. The first-order valence-corrected chi connectivity index (χ1v) is 5.97. The number of hydrogen-bond donors (Lipinski definition) is 2. The molecule has 0 heterocycles. The molecule has 0 aliphatic carbocycles. The van der Waals surface area contributed by atoms with Gasteiger partial charge in [-0.15, -0.1) is 0 Å². The second-order valence-corrected chi connectivity index (χ2v) is 4.37. The molecule has 3 nitrogen and oxygen atoms in total. The molecule has 0 radical (unpaired) electrons. The van der Waals surface area contributed by atoms with Gasteiger partial charge in [-0.3, -0.25) is 0 Å². The minimum atomic E-state index is -1.63. The van der Waals surface area contributed by atoms with E-state index in [1.807, 2.05) is 0 Å². The lowest BCUT2D eigenvalue weighted by molar-refractivity contribution is 0.300. The van der Waals surface area contributed by atoms with Crippen molar-refractivity contribution >= 4 is 24.2 Å². The fraction of sp³-hybridized carbons (Fsp3) is 0.0769. The van der Waals surface area contributed by atoms with Crippen LogP contribution in [-0.4, -0.2) is 17.2 Å². The van der Waals surface area contributed by atoms with E-state index in [4.69, 9.17) is 16.3 Å². The molecule has 6 heteroatoms. The van der Waals surface area contributed by atoms with Crippen molar-refractivity contribution in [2.24, 2.45) is 0 Å². The van der Waals surface area contributed by atoms with E-state index in [2.05, 4.69) is 0 Å². The summed E-state index contributed by atoms with van der Waals surface area (Å²) in [5.74, 6) is -0.165. The zero-order valence-electron chi connectivity index (χ0n) is 9.88. The average molecular weight is 280 g/mol. The van der Waals surface area contributed by atoms with Crippen LogP contribution in [0.3, 0.4) is 0 Å². The summed E-state index contributed by atoms with van der Waals surface area (Å²) >= 11 is 5.65. The number of para-hydroxylation sites is 1. The van der Waals surface area contributed by atoms with Gasteiger partial charge in [-0.25, -0.2) is 4.39 Å². The van der Waals surface area contributed by atoms with Crippen molar-refractivity contribution < 1.29 is 19.2 Å². The first-order chi connectivity index (χ1) is 9.08. The van der Waals surface area contributed by atoms with Crippen LogP contribution >= 0.6 is 11.6 Å². The van der Waals surface area contributed by atoms with Crippen LogP contribution in [0.5, 0.6) is 5.75 Å². The largest absolute Gasteiger partial charge is 0.492 e. The molecule has 0 spiro atoms. The maximum Gasteiger partial charge on any atom is 0.492 e. The third-order valence-corrected chi connectivity index (χ3v) is 2.83. The van der Waals surface area contributed by atoms with E-state index in [0.717, 1.165) is 0 Å². The van der Waals surface area contributed by atoms with Crippen molar-refractivity contribution in [1.82, 2.24) is 0 Å². The molecule has 2 aromatic rings. The SMILES string of the molecule is OB(O)c1ccccc1OCc1ccc(Cl)cc1F. The van der Waals surface area contributed by atoms with Crippen LogP contribution in [0.4, 0.5) is 4.39 Å². The summed E-state index contributed by atoms with van der Waals surface area (Å²) in [6.45, 7) is -0.0211. The summed E-state index contributed by atoms with van der Waals surface area (Å²) < 4.78 is 19.0. The molecule has 0 unspecified atom stereocenters. The summed E-state index contributed by atoms with van der Waals surface area (Å²) in [6.07, 6.45) is 0. The van der Waals surface area contributed by atoms with Gasteiger partial charge in [0.1, 0.15) is 18.2 Å². The Kier molecular flexibility index (Phi) is 4.42. The van der Waals surface area contributed by atoms with E-state index in [-0.39, 0.29) is 12.1 Å². The van der Waals surface area contributed by atoms with Gasteiger partial charge >= 0.3 is 7.12 Å². The average Bonchev–Trinajstić information content (AvgIpc) is 2.38. The van der Waals surface area contributed by atoms with Crippen molar-refractivity contribution in [3.8, 4) is 5.75 Å². The summed E-state index contributed by atoms with van der Waals surface area (Å²) in [4.78, 5) is 0. The van der Waals surface area contributed by atoms with Crippen LogP contribution in [0.1, 0.15) is 5.56 Å². The second-order valence-electron chi connectivity index (χ2n) is 3.94. The maximum absolute atomic E-state index is 13.5. The number of hydrogen-bond acceptors (Lipinski definition) is 3. The molecule has 2 N–H and O–H groups in total. The van der Waals surface area contributed by atoms with Crippen molar-refractivity contribution in [1.29, 1.82) is 0 Å². The van der Waals surface area contributed by atoms with Gasteiger partial charge in [-0.1, -0.05) is 35.9 Å². The Morgan fingerprint density at radius 3 is 2.58 bits per heavy atom. The molecule has 0 aliphatic heterocycles. The van der Waals surface area contributed by atoms with Gasteiger partial charge in [-0.05, 0) is 18.2 Å². The number of rotatable bonds is 4. The summed E-state index contributed by atoms with van der Waals surface area (Å²) in [7, 11) is -1.63. The van der Waals surface area contributed by atoms with E-state index in [1.54, 1.807) is 24.3 Å². The van der Waals surface area contributed by atoms with Crippen molar-refractivity contribution in [2.75, 3.05) is 0 Å². The van der Waals surface area contributed by atoms with Crippen LogP contribution in [0.15, 0.2) is 42.5 Å². The predicted molar refractivity (Wildman–Crippen MR) is 72.0 cm³/mol. The Morgan fingerprint density at radius 1 is 1.16 bits per heavy atom. The molecule has 2 rings (SSSR count). The molecule has 19 heavy (non-hydrogen) atoms. The Labute approximate surface area is 115 Å². The topological polar surface area (TPSA) is 49.7 Å². The Balaban J connectivity index is 2.14. The molecule has 98 valence electrons. The quantitative estimate of drug-likeness (QED) is 0.839. The Bertz CT molecular complexity index is 578. The third-order valence-electron chi connectivity index (χ3n) is 2.60. The zero-order valence-corrected chi connectivity index (χ0v) is 10.6. The minimum absolute atomic E-state index is 0.0211. The third kappa shape index (κ3) is 3.47. The normalized spacial score (nSPS) is 10.3. The highest BCUT2D eigenvalue weighted by molar-refractivity contribution is 6.59. The predicted octanol–water partition coefficient (Wildman–Crippen LogP) is 1.74. The highest BCUT2D eigenvalue weighted by atomic mass is 35.5. The van der Waals surface area contributed by atoms with Crippen LogP contribution in [0.2, 0.25) is 5.02 Å². The molecule has 0 saturated carbocycles. The van der Waals surface area contributed by atoms with E-state index in [0.29, 0.717) is 16.3 Å². The number of halogens is 2. The van der Waals surface area contributed by atoms with Gasteiger partial charge in [0, 0.05) is 16.0 Å². The molecule has 0 aliphatic rings. The van der Waals surface area contributed by atoms with E-state index in [1.165, 1.54) is 18.2 Å². The fourth-order valence-corrected chi connectivity index (χ4v) is 1.78. The molecule has 0 atom stereocenters. The van der Waals surface area contributed by atoms with E-state index >= 15 is 0 Å². The van der Waals surface area contributed by atoms with Gasteiger partial charge in [-0.2, -0.15) is 0 Å². The van der Waals surface area contributed by atoms with Crippen molar-refractivity contribution in [2.45, 2.75) is 6.61 Å². The lowest BCUT2D eigenvalue weighted by Crippen LogP contribution is -2.31. The smallest absolute Gasteiger partial charge is 0.489 e. The fourth-order valence-electron chi connectivity index (χ4n) is 1.62. The van der Waals surface area contributed by atoms with E-state index in [9.17, 15) is 14.4 Å². The van der Waals surface area contributed by atoms with Gasteiger partial charge in [0.15, 0.2) is 0 Å². The summed E-state index contributed by atoms with van der Waals surface area (Å²) in [5.41, 5.74) is 0.573. The second kappa shape index (κ2) is 6.06. The number of ether oxygens (including phenoxy) is 1. The summed E-state index contributed by atoms with van der Waals surface area (Å²) in [5, 5.41) is 18.7. The van der Waals surface area contributed by atoms with Crippen LogP contribution in [0, 0.1) is 5.82 Å². The monoisotopic (exact) mass is 280 g/mol. The van der Waals surface area contributed by atoms with Crippen LogP contribution in [-0.2, 0) is 6.61 Å². The van der Waals surface area contributed by atoms with Gasteiger partial charge in [0.25, 0.3) is 0 Å². The molecule has 0 saturated heterocycles. The lowest BCUT2D eigenvalue weighted by atomic mass is 9.79. The molecule has 0 aromatic heterocycles. The molecule has 2 aromatic carbocycles. The highest BCUT2D eigenvalue weighted by Crippen LogP contribution is 2.17. The standard InChI is InChI=1S/C13H11BClFO3/c15-10-6-5-9(12(16)7-10)8-19-13-4-2-1-3-11(13)14(17)18/h1-7,17-18H,8H2. The van der Waals surface area contributed by atoms with Crippen LogP contribution < -0.4 is 10.2 Å². The molecule has 0 bridgehead atoms. The molecular formula is C13H11BClFO3. The van der Waals surface area contributed by atoms with E-state index < -0.39 is 12.9 Å². The van der Waals surface area contributed by atoms with Gasteiger partial charge in [0.2, 0.25) is 0 Å². The molecular weight excluding hydrogens is 269 g/mol. The first kappa shape index (κ1) is 13.9. The minimum Gasteiger partial charge on any atom is -0.489 e.